The molecule has 1 amide bonds. The van der Waals surface area contributed by atoms with E-state index in [-0.39, 0.29) is 12.5 Å². The van der Waals surface area contributed by atoms with Crippen molar-refractivity contribution in [3.8, 4) is 5.75 Å². The summed E-state index contributed by atoms with van der Waals surface area (Å²) in [6, 6.07) is 4.46. The molecule has 0 bridgehead atoms. The lowest BCUT2D eigenvalue weighted by molar-refractivity contribution is -0.133. The van der Waals surface area contributed by atoms with E-state index in [1.54, 1.807) is 17.0 Å². The van der Waals surface area contributed by atoms with Gasteiger partial charge in [0.15, 0.2) is 6.61 Å². The maximum Gasteiger partial charge on any atom is 0.260 e. The highest BCUT2D eigenvalue weighted by molar-refractivity contribution is 9.10. The maximum atomic E-state index is 13.3. The summed E-state index contributed by atoms with van der Waals surface area (Å²) in [5.41, 5.74) is 0. The zero-order chi connectivity index (χ0) is 13.7. The molecule has 1 aliphatic heterocycles. The Bertz CT molecular complexity index is 448. The predicted molar refractivity (Wildman–Crippen MR) is 73.7 cm³/mol. The average molecular weight is 331 g/mol. The molecule has 104 valence electrons. The third-order valence-electron chi connectivity index (χ3n) is 2.95. The number of ether oxygens (including phenoxy) is 1. The molecule has 1 N–H and O–H groups in total. The minimum Gasteiger partial charge on any atom is -0.484 e. The molecule has 1 fully saturated rings. The first kappa shape index (κ1) is 14.3. The third-order valence-corrected chi connectivity index (χ3v) is 3.59. The summed E-state index contributed by atoms with van der Waals surface area (Å²) in [6.07, 6.45) is 0.943. The van der Waals surface area contributed by atoms with E-state index in [1.807, 2.05) is 0 Å². The monoisotopic (exact) mass is 330 g/mol. The Balaban J connectivity index is 1.86. The summed E-state index contributed by atoms with van der Waals surface area (Å²) in [4.78, 5) is 13.7. The van der Waals surface area contributed by atoms with Crippen molar-refractivity contribution < 1.29 is 13.9 Å². The number of nitrogens with one attached hydrogen (secondary N) is 1. The fourth-order valence-electron chi connectivity index (χ4n) is 1.90. The molecule has 0 atom stereocenters. The van der Waals surface area contributed by atoms with Crippen LogP contribution in [0.5, 0.6) is 5.75 Å². The Morgan fingerprint density at radius 3 is 3.05 bits per heavy atom. The summed E-state index contributed by atoms with van der Waals surface area (Å²) in [5.74, 6) is -0.0991. The van der Waals surface area contributed by atoms with Crippen molar-refractivity contribution in [3.63, 3.8) is 0 Å². The summed E-state index contributed by atoms with van der Waals surface area (Å²) in [6.45, 7) is 3.11. The first-order valence-corrected chi connectivity index (χ1v) is 7.02. The molecule has 0 aliphatic carbocycles. The largest absolute Gasteiger partial charge is 0.484 e. The predicted octanol–water partition coefficient (Wildman–Crippen LogP) is 1.79. The van der Waals surface area contributed by atoms with Crippen LogP contribution in [-0.2, 0) is 4.79 Å². The molecular weight excluding hydrogens is 315 g/mol. The first-order chi connectivity index (χ1) is 9.16. The number of amides is 1. The van der Waals surface area contributed by atoms with Gasteiger partial charge in [-0.2, -0.15) is 0 Å². The van der Waals surface area contributed by atoms with E-state index in [9.17, 15) is 9.18 Å². The van der Waals surface area contributed by atoms with Crippen LogP contribution in [-0.4, -0.2) is 43.6 Å². The third kappa shape index (κ3) is 4.18. The number of carbonyl (C=O) groups is 1. The minimum atomic E-state index is -0.399. The van der Waals surface area contributed by atoms with E-state index < -0.39 is 5.82 Å². The highest BCUT2D eigenvalue weighted by Gasteiger charge is 2.15. The van der Waals surface area contributed by atoms with E-state index in [1.165, 1.54) is 6.07 Å². The Morgan fingerprint density at radius 1 is 1.42 bits per heavy atom. The number of benzene rings is 1. The Kier molecular flexibility index (Phi) is 5.15. The van der Waals surface area contributed by atoms with Gasteiger partial charge in [0.25, 0.3) is 5.91 Å². The van der Waals surface area contributed by atoms with Crippen molar-refractivity contribution in [1.82, 2.24) is 10.2 Å². The first-order valence-electron chi connectivity index (χ1n) is 6.23. The van der Waals surface area contributed by atoms with Crippen molar-refractivity contribution in [2.24, 2.45) is 0 Å². The molecule has 1 aromatic rings. The zero-order valence-electron chi connectivity index (χ0n) is 10.5. The van der Waals surface area contributed by atoms with Crippen LogP contribution in [0.3, 0.4) is 0 Å². The van der Waals surface area contributed by atoms with Crippen LogP contribution in [0.1, 0.15) is 6.42 Å². The number of rotatable bonds is 3. The second kappa shape index (κ2) is 6.86. The van der Waals surface area contributed by atoms with E-state index in [0.29, 0.717) is 16.8 Å². The van der Waals surface area contributed by atoms with E-state index in [4.69, 9.17) is 4.74 Å². The Morgan fingerprint density at radius 2 is 2.26 bits per heavy atom. The van der Waals surface area contributed by atoms with Gasteiger partial charge in [0.05, 0.1) is 4.47 Å². The molecule has 2 rings (SSSR count). The van der Waals surface area contributed by atoms with E-state index >= 15 is 0 Å². The molecule has 6 heteroatoms. The van der Waals surface area contributed by atoms with Crippen molar-refractivity contribution in [1.29, 1.82) is 0 Å². The molecule has 0 saturated carbocycles. The fourth-order valence-corrected chi connectivity index (χ4v) is 2.14. The van der Waals surface area contributed by atoms with Gasteiger partial charge in [-0.1, -0.05) is 0 Å². The SMILES string of the molecule is O=C(COc1ccc(Br)c(F)c1)N1CCCNCC1. The van der Waals surface area contributed by atoms with Crippen molar-refractivity contribution in [2.75, 3.05) is 32.8 Å². The summed E-state index contributed by atoms with van der Waals surface area (Å²) >= 11 is 3.07. The van der Waals surface area contributed by atoms with E-state index in [0.717, 1.165) is 26.1 Å². The van der Waals surface area contributed by atoms with Crippen LogP contribution in [0.4, 0.5) is 4.39 Å². The number of hydrogen-bond donors (Lipinski definition) is 1. The number of carbonyl (C=O) groups excluding carboxylic acids is 1. The van der Waals surface area contributed by atoms with Crippen molar-refractivity contribution in [3.05, 3.63) is 28.5 Å². The quantitative estimate of drug-likeness (QED) is 0.918. The highest BCUT2D eigenvalue weighted by Crippen LogP contribution is 2.20. The van der Waals surface area contributed by atoms with Gasteiger partial charge in [-0.25, -0.2) is 4.39 Å². The second-order valence-corrected chi connectivity index (χ2v) is 5.20. The maximum absolute atomic E-state index is 13.3. The van der Waals surface area contributed by atoms with Crippen LogP contribution in [0.25, 0.3) is 0 Å². The molecular formula is C13H16BrFN2O2. The lowest BCUT2D eigenvalue weighted by Gasteiger charge is -2.20. The molecule has 0 radical (unpaired) electrons. The second-order valence-electron chi connectivity index (χ2n) is 4.35. The van der Waals surface area contributed by atoms with E-state index in [2.05, 4.69) is 21.2 Å². The fraction of sp³-hybridized carbons (Fsp3) is 0.462. The molecule has 0 unspecified atom stereocenters. The van der Waals surface area contributed by atoms with Gasteiger partial charge in [-0.15, -0.1) is 0 Å². The van der Waals surface area contributed by atoms with Gasteiger partial charge < -0.3 is 15.0 Å². The minimum absolute atomic E-state index is 0.0545. The Hall–Kier alpha value is -1.14. The lowest BCUT2D eigenvalue weighted by atomic mass is 10.3. The van der Waals surface area contributed by atoms with Crippen molar-refractivity contribution >= 4 is 21.8 Å². The van der Waals surface area contributed by atoms with Gasteiger partial charge in [-0.05, 0) is 41.0 Å². The van der Waals surface area contributed by atoms with Gasteiger partial charge in [-0.3, -0.25) is 4.79 Å². The van der Waals surface area contributed by atoms with Crippen molar-refractivity contribution in [2.45, 2.75) is 6.42 Å². The molecule has 1 heterocycles. The van der Waals surface area contributed by atoms with Crippen LogP contribution in [0.15, 0.2) is 22.7 Å². The van der Waals surface area contributed by atoms with Gasteiger partial charge in [0.1, 0.15) is 11.6 Å². The number of halogens is 2. The summed E-state index contributed by atoms with van der Waals surface area (Å²) in [5, 5.41) is 3.23. The molecule has 19 heavy (non-hydrogen) atoms. The smallest absolute Gasteiger partial charge is 0.260 e. The van der Waals surface area contributed by atoms with Crippen LogP contribution >= 0.6 is 15.9 Å². The normalized spacial score (nSPS) is 16.0. The lowest BCUT2D eigenvalue weighted by Crippen LogP contribution is -2.37. The summed E-state index contributed by atoms with van der Waals surface area (Å²) in [7, 11) is 0. The van der Waals surface area contributed by atoms with Crippen LogP contribution < -0.4 is 10.1 Å². The number of nitrogens with zero attached hydrogens (tertiary/aromatic N) is 1. The topological polar surface area (TPSA) is 41.6 Å². The molecule has 0 spiro atoms. The van der Waals surface area contributed by atoms with Gasteiger partial charge in [0, 0.05) is 25.7 Å². The highest BCUT2D eigenvalue weighted by atomic mass is 79.9. The van der Waals surface area contributed by atoms with Gasteiger partial charge >= 0.3 is 0 Å². The summed E-state index contributed by atoms with van der Waals surface area (Å²) < 4.78 is 19.0. The van der Waals surface area contributed by atoms with Crippen LogP contribution in [0.2, 0.25) is 0 Å². The van der Waals surface area contributed by atoms with Crippen LogP contribution in [0, 0.1) is 5.82 Å². The molecule has 4 nitrogen and oxygen atoms in total. The standard InChI is InChI=1S/C13H16BrFN2O2/c14-11-3-2-10(8-12(11)15)19-9-13(18)17-6-1-4-16-5-7-17/h2-3,8,16H,1,4-7,9H2. The Labute approximate surface area is 120 Å². The molecule has 1 aromatic carbocycles. The molecule has 0 aromatic heterocycles. The van der Waals surface area contributed by atoms with Gasteiger partial charge in [0.2, 0.25) is 0 Å². The number of hydrogen-bond acceptors (Lipinski definition) is 3. The zero-order valence-corrected chi connectivity index (χ0v) is 12.1. The average Bonchev–Trinajstić information content (AvgIpc) is 2.69. The molecule has 1 saturated heterocycles. The molecule has 1 aliphatic rings.